The Morgan fingerprint density at radius 2 is 1.82 bits per heavy atom. The molecule has 0 aromatic rings. The Morgan fingerprint density at radius 1 is 1.09 bits per heavy atom. The number of hydrogen-bond acceptors (Lipinski definition) is 4. The second-order valence-electron chi connectivity index (χ2n) is 7.47. The number of nitrogens with one attached hydrogen (secondary N) is 2. The lowest BCUT2D eigenvalue weighted by atomic mass is 9.86. The van der Waals surface area contributed by atoms with E-state index in [1.807, 2.05) is 0 Å². The van der Waals surface area contributed by atoms with Crippen LogP contribution >= 0.6 is 0 Å². The van der Waals surface area contributed by atoms with Gasteiger partial charge in [-0.1, -0.05) is 0 Å². The van der Waals surface area contributed by atoms with Crippen LogP contribution in [-0.4, -0.2) is 57.8 Å². The van der Waals surface area contributed by atoms with Crippen molar-refractivity contribution in [2.75, 3.05) is 38.5 Å². The lowest BCUT2D eigenvalue weighted by molar-refractivity contribution is 0.192. The maximum atomic E-state index is 11.6. The molecule has 0 bridgehead atoms. The Labute approximate surface area is 135 Å². The van der Waals surface area contributed by atoms with Gasteiger partial charge in [0.2, 0.25) is 10.0 Å². The summed E-state index contributed by atoms with van der Waals surface area (Å²) in [6.07, 6.45) is 5.73. The van der Waals surface area contributed by atoms with E-state index < -0.39 is 10.0 Å². The van der Waals surface area contributed by atoms with Crippen LogP contribution in [0.3, 0.4) is 0 Å². The molecule has 2 N–H and O–H groups in total. The van der Waals surface area contributed by atoms with Crippen molar-refractivity contribution in [3.8, 4) is 0 Å². The molecule has 3 fully saturated rings. The first kappa shape index (κ1) is 16.7. The number of nitrogens with zero attached hydrogens (tertiary/aromatic N) is 1. The van der Waals surface area contributed by atoms with Crippen LogP contribution in [0.2, 0.25) is 0 Å². The van der Waals surface area contributed by atoms with E-state index >= 15 is 0 Å². The fourth-order valence-electron chi connectivity index (χ4n) is 4.22. The molecule has 1 atom stereocenters. The SMILES string of the molecule is CCS(=O)(=O)NC1CCC(CN2CCC(C3CNC3)C2)CC1. The summed E-state index contributed by atoms with van der Waals surface area (Å²) in [5.74, 6) is 2.79. The van der Waals surface area contributed by atoms with E-state index in [0.717, 1.165) is 30.6 Å². The minimum atomic E-state index is -3.04. The third-order valence-corrected chi connectivity index (χ3v) is 7.33. The Hall–Kier alpha value is -0.170. The third-order valence-electron chi connectivity index (χ3n) is 5.88. The standard InChI is InChI=1S/C16H31N3O2S/c1-2-22(20,21)18-16-5-3-13(4-6-16)11-19-8-7-14(12-19)15-9-17-10-15/h13-18H,2-12H2,1H3. The first-order chi connectivity index (χ1) is 10.6. The molecule has 0 spiro atoms. The summed E-state index contributed by atoms with van der Waals surface area (Å²) in [6, 6.07) is 0.175. The molecule has 0 radical (unpaired) electrons. The van der Waals surface area contributed by atoms with Crippen LogP contribution in [0, 0.1) is 17.8 Å². The lowest BCUT2D eigenvalue weighted by Gasteiger charge is -2.34. The molecule has 6 heteroatoms. The van der Waals surface area contributed by atoms with Gasteiger partial charge in [0.25, 0.3) is 0 Å². The highest BCUT2D eigenvalue weighted by Gasteiger charge is 2.34. The molecule has 1 saturated carbocycles. The van der Waals surface area contributed by atoms with Crippen molar-refractivity contribution in [3.63, 3.8) is 0 Å². The molecule has 0 amide bonds. The smallest absolute Gasteiger partial charge is 0.211 e. The highest BCUT2D eigenvalue weighted by molar-refractivity contribution is 7.89. The maximum absolute atomic E-state index is 11.6. The Bertz CT molecular complexity index is 456. The quantitative estimate of drug-likeness (QED) is 0.764. The van der Waals surface area contributed by atoms with Crippen molar-refractivity contribution in [1.29, 1.82) is 0 Å². The molecule has 3 rings (SSSR count). The van der Waals surface area contributed by atoms with E-state index in [4.69, 9.17) is 0 Å². The molecule has 2 saturated heterocycles. The van der Waals surface area contributed by atoms with Crippen molar-refractivity contribution < 1.29 is 8.42 Å². The fraction of sp³-hybridized carbons (Fsp3) is 1.00. The van der Waals surface area contributed by atoms with Gasteiger partial charge < -0.3 is 10.2 Å². The molecule has 5 nitrogen and oxygen atoms in total. The van der Waals surface area contributed by atoms with Crippen LogP contribution in [0.15, 0.2) is 0 Å². The van der Waals surface area contributed by atoms with Crippen molar-refractivity contribution in [2.45, 2.75) is 45.1 Å². The lowest BCUT2D eigenvalue weighted by Crippen LogP contribution is -2.47. The molecule has 0 aromatic carbocycles. The highest BCUT2D eigenvalue weighted by Crippen LogP contribution is 2.30. The molecule has 2 heterocycles. The van der Waals surface area contributed by atoms with E-state index in [0.29, 0.717) is 0 Å². The van der Waals surface area contributed by atoms with Crippen molar-refractivity contribution in [1.82, 2.24) is 14.9 Å². The molecule has 22 heavy (non-hydrogen) atoms. The van der Waals surface area contributed by atoms with E-state index in [1.54, 1.807) is 6.92 Å². The van der Waals surface area contributed by atoms with Gasteiger partial charge in [0.15, 0.2) is 0 Å². The summed E-state index contributed by atoms with van der Waals surface area (Å²) in [5.41, 5.74) is 0. The normalized spacial score (nSPS) is 34.7. The predicted molar refractivity (Wildman–Crippen MR) is 89.2 cm³/mol. The van der Waals surface area contributed by atoms with Gasteiger partial charge in [-0.3, -0.25) is 0 Å². The molecule has 1 aliphatic carbocycles. The highest BCUT2D eigenvalue weighted by atomic mass is 32.2. The Kier molecular flexibility index (Phi) is 5.43. The number of sulfonamides is 1. The zero-order valence-electron chi connectivity index (χ0n) is 13.8. The Balaban J connectivity index is 1.37. The van der Waals surface area contributed by atoms with Crippen LogP contribution in [-0.2, 0) is 10.0 Å². The molecule has 128 valence electrons. The van der Waals surface area contributed by atoms with Gasteiger partial charge in [0, 0.05) is 19.1 Å². The minimum absolute atomic E-state index is 0.175. The zero-order valence-corrected chi connectivity index (χ0v) is 14.6. The van der Waals surface area contributed by atoms with Crippen LogP contribution < -0.4 is 10.0 Å². The van der Waals surface area contributed by atoms with Crippen LogP contribution in [0.5, 0.6) is 0 Å². The van der Waals surface area contributed by atoms with Crippen LogP contribution in [0.4, 0.5) is 0 Å². The van der Waals surface area contributed by atoms with Crippen LogP contribution in [0.25, 0.3) is 0 Å². The molecular formula is C16H31N3O2S. The van der Waals surface area contributed by atoms with Gasteiger partial charge in [-0.05, 0) is 76.4 Å². The zero-order chi connectivity index (χ0) is 15.6. The number of hydrogen-bond donors (Lipinski definition) is 2. The van der Waals surface area contributed by atoms with Gasteiger partial charge in [-0.2, -0.15) is 0 Å². The van der Waals surface area contributed by atoms with E-state index in [1.165, 1.54) is 52.0 Å². The second kappa shape index (κ2) is 7.16. The monoisotopic (exact) mass is 329 g/mol. The van der Waals surface area contributed by atoms with Crippen molar-refractivity contribution in [3.05, 3.63) is 0 Å². The number of rotatable bonds is 6. The average Bonchev–Trinajstić information content (AvgIpc) is 2.87. The van der Waals surface area contributed by atoms with E-state index in [-0.39, 0.29) is 11.8 Å². The third kappa shape index (κ3) is 4.22. The topological polar surface area (TPSA) is 61.4 Å². The van der Waals surface area contributed by atoms with Gasteiger partial charge in [-0.25, -0.2) is 13.1 Å². The summed E-state index contributed by atoms with van der Waals surface area (Å²) in [6.45, 7) is 7.93. The molecule has 3 aliphatic rings. The first-order valence-corrected chi connectivity index (χ1v) is 10.6. The predicted octanol–water partition coefficient (Wildman–Crippen LogP) is 1.03. The molecule has 2 aliphatic heterocycles. The minimum Gasteiger partial charge on any atom is -0.316 e. The van der Waals surface area contributed by atoms with Gasteiger partial charge >= 0.3 is 0 Å². The summed E-state index contributed by atoms with van der Waals surface area (Å²) in [4.78, 5) is 2.66. The summed E-state index contributed by atoms with van der Waals surface area (Å²) in [5, 5.41) is 3.39. The fourth-order valence-corrected chi connectivity index (χ4v) is 5.13. The van der Waals surface area contributed by atoms with Crippen molar-refractivity contribution >= 4 is 10.0 Å². The van der Waals surface area contributed by atoms with E-state index in [9.17, 15) is 8.42 Å². The Morgan fingerprint density at radius 3 is 2.41 bits per heavy atom. The molecular weight excluding hydrogens is 298 g/mol. The molecule has 0 aromatic heterocycles. The molecule has 1 unspecified atom stereocenters. The first-order valence-electron chi connectivity index (χ1n) is 8.99. The second-order valence-corrected chi connectivity index (χ2v) is 9.51. The largest absolute Gasteiger partial charge is 0.316 e. The maximum Gasteiger partial charge on any atom is 0.211 e. The number of likely N-dealkylation sites (tertiary alicyclic amines) is 1. The summed E-state index contributed by atoms with van der Waals surface area (Å²) in [7, 11) is -3.04. The van der Waals surface area contributed by atoms with Gasteiger partial charge in [0.05, 0.1) is 5.75 Å². The average molecular weight is 330 g/mol. The van der Waals surface area contributed by atoms with Crippen LogP contribution in [0.1, 0.15) is 39.0 Å². The summed E-state index contributed by atoms with van der Waals surface area (Å²) >= 11 is 0. The van der Waals surface area contributed by atoms with Crippen molar-refractivity contribution in [2.24, 2.45) is 17.8 Å². The summed E-state index contributed by atoms with van der Waals surface area (Å²) < 4.78 is 26.1. The van der Waals surface area contributed by atoms with Gasteiger partial charge in [0.1, 0.15) is 0 Å². The van der Waals surface area contributed by atoms with E-state index in [2.05, 4.69) is 14.9 Å². The van der Waals surface area contributed by atoms with Gasteiger partial charge in [-0.15, -0.1) is 0 Å².